The van der Waals surface area contributed by atoms with Crippen molar-refractivity contribution in [3.63, 3.8) is 0 Å². The Morgan fingerprint density at radius 1 is 1.37 bits per heavy atom. The van der Waals surface area contributed by atoms with Gasteiger partial charge in [-0.15, -0.1) is 0 Å². The van der Waals surface area contributed by atoms with Crippen molar-refractivity contribution in [1.29, 1.82) is 0 Å². The molecule has 1 aliphatic heterocycles. The minimum absolute atomic E-state index is 0.0881. The van der Waals surface area contributed by atoms with E-state index in [9.17, 15) is 4.79 Å². The topological polar surface area (TPSA) is 69.8 Å². The van der Waals surface area contributed by atoms with Gasteiger partial charge in [-0.05, 0) is 44.0 Å². The molecule has 1 atom stereocenters. The lowest BCUT2D eigenvalue weighted by atomic mass is 10.00. The Bertz CT molecular complexity index is 616. The molecule has 0 radical (unpaired) electrons. The van der Waals surface area contributed by atoms with E-state index in [0.717, 1.165) is 25.2 Å². The van der Waals surface area contributed by atoms with Gasteiger partial charge in [0.2, 0.25) is 5.95 Å². The van der Waals surface area contributed by atoms with Crippen LogP contribution in [0.1, 0.15) is 12.8 Å². The molecule has 19 heavy (non-hydrogen) atoms. The van der Waals surface area contributed by atoms with Crippen molar-refractivity contribution in [1.82, 2.24) is 15.3 Å². The molecule has 3 rings (SSSR count). The molecule has 3 N–H and O–H groups in total. The molecule has 0 saturated carbocycles. The zero-order valence-electron chi connectivity index (χ0n) is 10.8. The molecule has 5 heteroatoms. The smallest absolute Gasteiger partial charge is 0.260 e. The van der Waals surface area contributed by atoms with Crippen LogP contribution in [0, 0.1) is 5.92 Å². The van der Waals surface area contributed by atoms with E-state index in [1.165, 1.54) is 12.8 Å². The summed E-state index contributed by atoms with van der Waals surface area (Å²) in [4.78, 5) is 19.1. The summed E-state index contributed by atoms with van der Waals surface area (Å²) in [5.41, 5.74) is 0.644. The van der Waals surface area contributed by atoms with Crippen LogP contribution >= 0.6 is 0 Å². The van der Waals surface area contributed by atoms with Gasteiger partial charge < -0.3 is 10.6 Å². The number of anilines is 1. The molecule has 1 saturated heterocycles. The van der Waals surface area contributed by atoms with E-state index >= 15 is 0 Å². The standard InChI is InChI=1S/C14H18N4O/c19-13-11-5-1-2-6-12(11)17-14(18-13)16-9-10-4-3-7-15-8-10/h1-2,5-6,10,15H,3-4,7-9H2,(H2,16,17,18,19). The maximum atomic E-state index is 11.9. The lowest BCUT2D eigenvalue weighted by molar-refractivity contribution is 0.392. The van der Waals surface area contributed by atoms with Gasteiger partial charge in [-0.1, -0.05) is 12.1 Å². The van der Waals surface area contributed by atoms with Crippen molar-refractivity contribution < 1.29 is 0 Å². The van der Waals surface area contributed by atoms with Gasteiger partial charge in [-0.25, -0.2) is 4.98 Å². The molecule has 1 unspecified atom stereocenters. The summed E-state index contributed by atoms with van der Waals surface area (Å²) in [6, 6.07) is 7.39. The van der Waals surface area contributed by atoms with Gasteiger partial charge in [-0.3, -0.25) is 9.78 Å². The highest BCUT2D eigenvalue weighted by molar-refractivity contribution is 5.78. The molecule has 1 aromatic carbocycles. The average molecular weight is 258 g/mol. The quantitative estimate of drug-likeness (QED) is 0.777. The Kier molecular flexibility index (Phi) is 3.46. The number of aromatic nitrogens is 2. The first-order chi connectivity index (χ1) is 9.33. The van der Waals surface area contributed by atoms with Crippen LogP contribution in [0.4, 0.5) is 5.95 Å². The molecule has 0 bridgehead atoms. The Hall–Kier alpha value is -1.88. The number of fused-ring (bicyclic) bond motifs is 1. The fraction of sp³-hybridized carbons (Fsp3) is 0.429. The third-order valence-electron chi connectivity index (χ3n) is 3.57. The number of hydrogen-bond donors (Lipinski definition) is 3. The van der Waals surface area contributed by atoms with E-state index in [4.69, 9.17) is 0 Å². The van der Waals surface area contributed by atoms with Crippen molar-refractivity contribution in [3.05, 3.63) is 34.6 Å². The monoisotopic (exact) mass is 258 g/mol. The predicted molar refractivity (Wildman–Crippen MR) is 76.4 cm³/mol. The number of nitrogens with zero attached hydrogens (tertiary/aromatic N) is 1. The minimum atomic E-state index is -0.0881. The van der Waals surface area contributed by atoms with E-state index in [-0.39, 0.29) is 5.56 Å². The van der Waals surface area contributed by atoms with Gasteiger partial charge in [-0.2, -0.15) is 0 Å². The molecular formula is C14H18N4O. The molecule has 1 aromatic heterocycles. The summed E-state index contributed by atoms with van der Waals surface area (Å²) in [6.45, 7) is 2.99. The van der Waals surface area contributed by atoms with Crippen molar-refractivity contribution in [3.8, 4) is 0 Å². The van der Waals surface area contributed by atoms with Gasteiger partial charge >= 0.3 is 0 Å². The van der Waals surface area contributed by atoms with Gasteiger partial charge in [0, 0.05) is 6.54 Å². The second-order valence-electron chi connectivity index (χ2n) is 5.02. The van der Waals surface area contributed by atoms with Crippen LogP contribution in [0.25, 0.3) is 10.9 Å². The highest BCUT2D eigenvalue weighted by Crippen LogP contribution is 2.11. The van der Waals surface area contributed by atoms with Gasteiger partial charge in [0.05, 0.1) is 10.9 Å². The van der Waals surface area contributed by atoms with Crippen LogP contribution in [-0.4, -0.2) is 29.6 Å². The largest absolute Gasteiger partial charge is 0.355 e. The normalized spacial score (nSPS) is 19.5. The first kappa shape index (κ1) is 12.2. The molecule has 2 aromatic rings. The first-order valence-corrected chi connectivity index (χ1v) is 6.76. The summed E-state index contributed by atoms with van der Waals surface area (Å²) in [6.07, 6.45) is 2.44. The summed E-state index contributed by atoms with van der Waals surface area (Å²) < 4.78 is 0. The lowest BCUT2D eigenvalue weighted by Gasteiger charge is -2.22. The first-order valence-electron chi connectivity index (χ1n) is 6.76. The van der Waals surface area contributed by atoms with E-state index in [1.54, 1.807) is 6.07 Å². The van der Waals surface area contributed by atoms with E-state index in [2.05, 4.69) is 20.6 Å². The second kappa shape index (κ2) is 5.40. The number of para-hydroxylation sites is 1. The predicted octanol–water partition coefficient (Wildman–Crippen LogP) is 1.33. The summed E-state index contributed by atoms with van der Waals surface area (Å²) in [7, 11) is 0. The molecule has 0 aliphatic carbocycles. The molecule has 2 heterocycles. The fourth-order valence-electron chi connectivity index (χ4n) is 2.51. The zero-order chi connectivity index (χ0) is 13.1. The Morgan fingerprint density at radius 3 is 3.11 bits per heavy atom. The van der Waals surface area contributed by atoms with Crippen molar-refractivity contribution >= 4 is 16.9 Å². The third-order valence-corrected chi connectivity index (χ3v) is 3.57. The molecule has 0 amide bonds. The summed E-state index contributed by atoms with van der Waals surface area (Å²) in [5.74, 6) is 1.17. The Morgan fingerprint density at radius 2 is 2.26 bits per heavy atom. The van der Waals surface area contributed by atoms with E-state index in [0.29, 0.717) is 17.3 Å². The molecule has 100 valence electrons. The van der Waals surface area contributed by atoms with Crippen molar-refractivity contribution in [2.75, 3.05) is 25.0 Å². The number of piperidine rings is 1. The SMILES string of the molecule is O=c1[nH]c(NCC2CCCNC2)nc2ccccc12. The number of rotatable bonds is 3. The Balaban J connectivity index is 1.75. The maximum Gasteiger partial charge on any atom is 0.260 e. The third kappa shape index (κ3) is 2.76. The number of benzene rings is 1. The zero-order valence-corrected chi connectivity index (χ0v) is 10.8. The van der Waals surface area contributed by atoms with Gasteiger partial charge in [0.25, 0.3) is 5.56 Å². The maximum absolute atomic E-state index is 11.9. The molecular weight excluding hydrogens is 240 g/mol. The molecule has 5 nitrogen and oxygen atoms in total. The molecule has 0 spiro atoms. The van der Waals surface area contributed by atoms with Crippen molar-refractivity contribution in [2.45, 2.75) is 12.8 Å². The van der Waals surface area contributed by atoms with Crippen LogP contribution in [-0.2, 0) is 0 Å². The van der Waals surface area contributed by atoms with Crippen LogP contribution in [0.15, 0.2) is 29.1 Å². The van der Waals surface area contributed by atoms with Crippen LogP contribution in [0.2, 0.25) is 0 Å². The number of aromatic amines is 1. The summed E-state index contributed by atoms with van der Waals surface area (Å²) in [5, 5.41) is 7.25. The van der Waals surface area contributed by atoms with E-state index in [1.807, 2.05) is 18.2 Å². The Labute approximate surface area is 111 Å². The lowest BCUT2D eigenvalue weighted by Crippen LogP contribution is -2.34. The molecule has 1 fully saturated rings. The minimum Gasteiger partial charge on any atom is -0.355 e. The number of H-pyrrole nitrogens is 1. The second-order valence-corrected chi connectivity index (χ2v) is 5.02. The van der Waals surface area contributed by atoms with Gasteiger partial charge in [0.1, 0.15) is 0 Å². The van der Waals surface area contributed by atoms with E-state index < -0.39 is 0 Å². The van der Waals surface area contributed by atoms with Crippen LogP contribution < -0.4 is 16.2 Å². The average Bonchev–Trinajstić information content (AvgIpc) is 2.46. The highest BCUT2D eigenvalue weighted by atomic mass is 16.1. The van der Waals surface area contributed by atoms with Gasteiger partial charge in [0.15, 0.2) is 0 Å². The van der Waals surface area contributed by atoms with Crippen molar-refractivity contribution in [2.24, 2.45) is 5.92 Å². The van der Waals surface area contributed by atoms with Crippen LogP contribution in [0.5, 0.6) is 0 Å². The highest BCUT2D eigenvalue weighted by Gasteiger charge is 2.13. The number of hydrogen-bond acceptors (Lipinski definition) is 4. The molecule has 1 aliphatic rings. The number of nitrogens with one attached hydrogen (secondary N) is 3. The fourth-order valence-corrected chi connectivity index (χ4v) is 2.51. The van der Waals surface area contributed by atoms with Crippen LogP contribution in [0.3, 0.4) is 0 Å². The summed E-state index contributed by atoms with van der Waals surface area (Å²) >= 11 is 0.